The number of amides is 2. The van der Waals surface area contributed by atoms with E-state index in [1.165, 1.54) is 4.90 Å². The summed E-state index contributed by atoms with van der Waals surface area (Å²) >= 11 is 0. The third kappa shape index (κ3) is 2.63. The molecule has 3 rings (SSSR count). The lowest BCUT2D eigenvalue weighted by Gasteiger charge is -2.40. The van der Waals surface area contributed by atoms with Crippen LogP contribution in [0.1, 0.15) is 12.0 Å². The van der Waals surface area contributed by atoms with E-state index in [1.807, 2.05) is 0 Å². The van der Waals surface area contributed by atoms with Crippen molar-refractivity contribution in [1.82, 2.24) is 4.90 Å². The molecule has 1 aromatic carbocycles. The van der Waals surface area contributed by atoms with Crippen molar-refractivity contribution in [1.29, 1.82) is 0 Å². The fourth-order valence-corrected chi connectivity index (χ4v) is 2.50. The molecule has 2 amide bonds. The van der Waals surface area contributed by atoms with E-state index in [4.69, 9.17) is 4.74 Å². The van der Waals surface area contributed by atoms with Gasteiger partial charge in [-0.25, -0.2) is 0 Å². The second-order valence-electron chi connectivity index (χ2n) is 5.53. The summed E-state index contributed by atoms with van der Waals surface area (Å²) in [5, 5.41) is 10.1. The van der Waals surface area contributed by atoms with Gasteiger partial charge in [0.25, 0.3) is 0 Å². The second-order valence-corrected chi connectivity index (χ2v) is 5.53. The van der Waals surface area contributed by atoms with Crippen LogP contribution in [0.15, 0.2) is 18.2 Å². The summed E-state index contributed by atoms with van der Waals surface area (Å²) in [7, 11) is 1.70. The summed E-state index contributed by atoms with van der Waals surface area (Å²) < 4.78 is 5.55. The fraction of sp³-hybridized carbons (Fsp3) is 0.375. The van der Waals surface area contributed by atoms with Gasteiger partial charge in [0.1, 0.15) is 5.75 Å². The summed E-state index contributed by atoms with van der Waals surface area (Å²) in [4.78, 5) is 25.4. The minimum atomic E-state index is -1.15. The topological polar surface area (TPSA) is 70.1 Å². The van der Waals surface area contributed by atoms with Crippen molar-refractivity contribution in [2.75, 3.05) is 31.6 Å². The smallest absolute Gasteiger partial charge is 0.230 e. The zero-order valence-corrected chi connectivity index (χ0v) is 12.2. The molecule has 1 saturated heterocycles. The molecule has 0 aromatic heterocycles. The van der Waals surface area contributed by atoms with Gasteiger partial charge >= 0.3 is 0 Å². The molecule has 6 nitrogen and oxygen atoms in total. The van der Waals surface area contributed by atoms with Crippen molar-refractivity contribution in [2.45, 2.75) is 12.0 Å². The van der Waals surface area contributed by atoms with Gasteiger partial charge in [0, 0.05) is 12.6 Å². The van der Waals surface area contributed by atoms with Crippen LogP contribution in [0, 0.1) is 11.8 Å². The first kappa shape index (κ1) is 14.4. The maximum absolute atomic E-state index is 11.9. The average molecular weight is 300 g/mol. The quantitative estimate of drug-likeness (QED) is 0.585. The molecule has 0 bridgehead atoms. The maximum atomic E-state index is 11.9. The number of benzene rings is 1. The largest absolute Gasteiger partial charge is 0.491 e. The molecule has 1 fully saturated rings. The number of aliphatic hydroxyl groups is 1. The second kappa shape index (κ2) is 5.35. The molecule has 2 aliphatic heterocycles. The van der Waals surface area contributed by atoms with Crippen LogP contribution in [0.3, 0.4) is 0 Å². The molecular formula is C16H16N2O4. The zero-order valence-electron chi connectivity index (χ0n) is 12.2. The van der Waals surface area contributed by atoms with E-state index in [0.29, 0.717) is 36.4 Å². The van der Waals surface area contributed by atoms with Crippen molar-refractivity contribution in [3.05, 3.63) is 23.8 Å². The van der Waals surface area contributed by atoms with Gasteiger partial charge in [0.05, 0.1) is 31.8 Å². The van der Waals surface area contributed by atoms with E-state index in [1.54, 1.807) is 30.1 Å². The number of fused-ring (bicyclic) bond motifs is 1. The molecule has 0 aliphatic carbocycles. The van der Waals surface area contributed by atoms with Crippen LogP contribution in [0.5, 0.6) is 5.75 Å². The number of ether oxygens (including phenoxy) is 1. The first-order valence-corrected chi connectivity index (χ1v) is 6.99. The highest BCUT2D eigenvalue weighted by Gasteiger charge is 2.39. The predicted molar refractivity (Wildman–Crippen MR) is 79.4 cm³/mol. The van der Waals surface area contributed by atoms with E-state index >= 15 is 0 Å². The molecule has 2 aliphatic rings. The first-order chi connectivity index (χ1) is 10.5. The molecule has 6 heteroatoms. The zero-order chi connectivity index (χ0) is 15.7. The minimum absolute atomic E-state index is 0.0110. The van der Waals surface area contributed by atoms with Crippen LogP contribution < -0.4 is 9.64 Å². The number of hydrogen-bond donors (Lipinski definition) is 1. The van der Waals surface area contributed by atoms with Gasteiger partial charge < -0.3 is 19.6 Å². The number of anilines is 1. The lowest BCUT2D eigenvalue weighted by atomic mass is 9.95. The first-order valence-electron chi connectivity index (χ1n) is 6.99. The van der Waals surface area contributed by atoms with E-state index in [2.05, 4.69) is 11.8 Å². The number of likely N-dealkylation sites (tertiary alicyclic amines) is 1. The Morgan fingerprint density at radius 3 is 2.91 bits per heavy atom. The standard InChI is InChI=1S/C16H16N2O4/c1-17-13-8-12(2-3-14(13)22-7-5-15(17)20)4-6-16(21)9-18(10-16)11-19/h2-3,8,11,21H,5,7,9-10H2,1H3. The van der Waals surface area contributed by atoms with Gasteiger partial charge in [0.2, 0.25) is 12.3 Å². The Labute approximate surface area is 128 Å². The highest BCUT2D eigenvalue weighted by Crippen LogP contribution is 2.31. The van der Waals surface area contributed by atoms with Crippen molar-refractivity contribution in [2.24, 2.45) is 0 Å². The third-order valence-corrected chi connectivity index (χ3v) is 3.79. The van der Waals surface area contributed by atoms with Crippen molar-refractivity contribution in [3.63, 3.8) is 0 Å². The summed E-state index contributed by atoms with van der Waals surface area (Å²) in [6, 6.07) is 5.33. The Hall–Kier alpha value is -2.52. The van der Waals surface area contributed by atoms with Gasteiger partial charge in [-0.05, 0) is 18.2 Å². The summed E-state index contributed by atoms with van der Waals surface area (Å²) in [6.45, 7) is 0.800. The highest BCUT2D eigenvalue weighted by molar-refractivity contribution is 5.95. The predicted octanol–water partition coefficient (Wildman–Crippen LogP) is -0.0135. The molecule has 1 aromatic rings. The van der Waals surface area contributed by atoms with Crippen molar-refractivity contribution < 1.29 is 19.4 Å². The van der Waals surface area contributed by atoms with E-state index in [-0.39, 0.29) is 19.0 Å². The molecule has 114 valence electrons. The Balaban J connectivity index is 1.84. The molecule has 1 N–H and O–H groups in total. The lowest BCUT2D eigenvalue weighted by Crippen LogP contribution is -2.60. The average Bonchev–Trinajstić information content (AvgIpc) is 2.62. The Morgan fingerprint density at radius 1 is 1.41 bits per heavy atom. The van der Waals surface area contributed by atoms with E-state index < -0.39 is 5.60 Å². The Morgan fingerprint density at radius 2 is 2.18 bits per heavy atom. The lowest BCUT2D eigenvalue weighted by molar-refractivity contribution is -0.133. The molecule has 22 heavy (non-hydrogen) atoms. The van der Waals surface area contributed by atoms with Crippen LogP contribution in [-0.4, -0.2) is 54.7 Å². The van der Waals surface area contributed by atoms with E-state index in [0.717, 1.165) is 0 Å². The van der Waals surface area contributed by atoms with Gasteiger partial charge in [-0.3, -0.25) is 9.59 Å². The normalized spacial score (nSPS) is 19.1. The Bertz CT molecular complexity index is 683. The maximum Gasteiger partial charge on any atom is 0.230 e. The number of rotatable bonds is 1. The van der Waals surface area contributed by atoms with Crippen molar-refractivity contribution in [3.8, 4) is 17.6 Å². The van der Waals surface area contributed by atoms with Gasteiger partial charge in [-0.1, -0.05) is 11.8 Å². The number of β-amino-alcohol motifs (C(OH)–C–C–N with tert-alkyl or cyclic N) is 1. The Kier molecular flexibility index (Phi) is 3.51. The van der Waals surface area contributed by atoms with Crippen LogP contribution in [0.4, 0.5) is 5.69 Å². The van der Waals surface area contributed by atoms with Crippen molar-refractivity contribution >= 4 is 18.0 Å². The number of hydrogen-bond acceptors (Lipinski definition) is 4. The number of carbonyl (C=O) groups excluding carboxylic acids is 2. The fourth-order valence-electron chi connectivity index (χ4n) is 2.50. The highest BCUT2D eigenvalue weighted by atomic mass is 16.5. The molecule has 0 saturated carbocycles. The summed E-state index contributed by atoms with van der Waals surface area (Å²) in [5.41, 5.74) is 0.206. The molecular weight excluding hydrogens is 284 g/mol. The number of carbonyl (C=O) groups is 2. The van der Waals surface area contributed by atoms with Gasteiger partial charge in [-0.15, -0.1) is 0 Å². The minimum Gasteiger partial charge on any atom is -0.491 e. The summed E-state index contributed by atoms with van der Waals surface area (Å²) in [6.07, 6.45) is 1.03. The monoisotopic (exact) mass is 300 g/mol. The molecule has 0 unspecified atom stereocenters. The third-order valence-electron chi connectivity index (χ3n) is 3.79. The van der Waals surface area contributed by atoms with Crippen LogP contribution in [-0.2, 0) is 9.59 Å². The number of nitrogens with zero attached hydrogens (tertiary/aromatic N) is 2. The molecule has 2 heterocycles. The summed E-state index contributed by atoms with van der Waals surface area (Å²) in [5.74, 6) is 6.32. The van der Waals surface area contributed by atoms with E-state index in [9.17, 15) is 14.7 Å². The molecule has 0 spiro atoms. The van der Waals surface area contributed by atoms with Crippen LogP contribution in [0.25, 0.3) is 0 Å². The van der Waals surface area contributed by atoms with Gasteiger partial charge in [-0.2, -0.15) is 0 Å². The van der Waals surface area contributed by atoms with Crippen LogP contribution in [0.2, 0.25) is 0 Å². The van der Waals surface area contributed by atoms with Gasteiger partial charge in [0.15, 0.2) is 5.60 Å². The molecule has 0 atom stereocenters. The SMILES string of the molecule is CN1C(=O)CCOc2ccc(C#CC3(O)CN(C=O)C3)cc21. The molecule has 0 radical (unpaired) electrons. The van der Waals surface area contributed by atoms with Crippen LogP contribution >= 0.6 is 0 Å².